The lowest BCUT2D eigenvalue weighted by Gasteiger charge is -1.99. The zero-order valence-electron chi connectivity index (χ0n) is 20.8. The summed E-state index contributed by atoms with van der Waals surface area (Å²) in [5.74, 6) is -8.11. The average molecular weight is 542 g/mol. The van der Waals surface area contributed by atoms with E-state index in [1.165, 1.54) is 0 Å². The van der Waals surface area contributed by atoms with E-state index < -0.39 is 73.4 Å². The third-order valence-corrected chi connectivity index (χ3v) is 2.72. The lowest BCUT2D eigenvalue weighted by atomic mass is 10.3. The van der Waals surface area contributed by atoms with E-state index >= 15 is 0 Å². The van der Waals surface area contributed by atoms with Crippen LogP contribution in [0.25, 0.3) is 0 Å². The number of unbranched alkanes of at least 4 members (excludes halogenated alkanes) is 1. The molecule has 0 aromatic heterocycles. The third kappa shape index (κ3) is 49.8. The van der Waals surface area contributed by atoms with Gasteiger partial charge in [-0.15, -0.1) is 0 Å². The molecule has 0 fully saturated rings. The van der Waals surface area contributed by atoms with E-state index in [4.69, 9.17) is 25.5 Å². The van der Waals surface area contributed by atoms with E-state index in [1.54, 1.807) is 6.92 Å². The van der Waals surface area contributed by atoms with Crippen molar-refractivity contribution in [2.45, 2.75) is 65.7 Å². The normalized spacial score (nSPS) is 8.73. The van der Waals surface area contributed by atoms with Crippen molar-refractivity contribution in [3.05, 3.63) is 0 Å². The summed E-state index contributed by atoms with van der Waals surface area (Å²) in [6, 6.07) is 0. The van der Waals surface area contributed by atoms with Crippen LogP contribution in [0.4, 0.5) is 0 Å². The number of aliphatic carboxylic acids is 5. The number of rotatable bonds is 14. The molecule has 0 rings (SSSR count). The first-order valence-electron chi connectivity index (χ1n) is 10.7. The van der Waals surface area contributed by atoms with Crippen LogP contribution in [-0.4, -0.2) is 93.1 Å². The molecule has 0 aromatic carbocycles. The van der Waals surface area contributed by atoms with Crippen molar-refractivity contribution in [1.82, 2.24) is 0 Å². The van der Waals surface area contributed by atoms with Crippen molar-refractivity contribution in [2.24, 2.45) is 0 Å². The fourth-order valence-corrected chi connectivity index (χ4v) is 1.36. The molecule has 0 spiro atoms. The Morgan fingerprint density at radius 3 is 1.03 bits per heavy atom. The van der Waals surface area contributed by atoms with Gasteiger partial charge in [-0.2, -0.15) is 0 Å². The molecule has 37 heavy (non-hydrogen) atoms. The largest absolute Gasteiger partial charge is 0.481 e. The Morgan fingerprint density at radius 2 is 0.784 bits per heavy atom. The summed E-state index contributed by atoms with van der Waals surface area (Å²) in [5, 5.41) is 39.6. The van der Waals surface area contributed by atoms with Crippen molar-refractivity contribution in [2.75, 3.05) is 19.8 Å². The molecule has 0 unspecified atom stereocenters. The van der Waals surface area contributed by atoms with Gasteiger partial charge < -0.3 is 39.7 Å². The Morgan fingerprint density at radius 1 is 0.459 bits per heavy atom. The summed E-state index contributed by atoms with van der Waals surface area (Å²) >= 11 is 0. The zero-order valence-corrected chi connectivity index (χ0v) is 20.8. The number of carboxylic acid groups (broad SMARTS) is 5. The summed E-state index contributed by atoms with van der Waals surface area (Å²) in [6.07, 6.45) is -0.00533. The number of ether oxygens (including phenoxy) is 3. The molecular formula is C21H34O16. The van der Waals surface area contributed by atoms with Gasteiger partial charge in [-0.05, 0) is 19.8 Å². The van der Waals surface area contributed by atoms with E-state index in [9.17, 15) is 38.4 Å². The third-order valence-electron chi connectivity index (χ3n) is 2.72. The Balaban J connectivity index is -0.000000199. The van der Waals surface area contributed by atoms with Gasteiger partial charge in [0.05, 0.1) is 19.8 Å². The maximum absolute atomic E-state index is 10.5. The van der Waals surface area contributed by atoms with E-state index in [0.717, 1.165) is 12.8 Å². The topological polar surface area (TPSA) is 265 Å². The molecule has 0 aliphatic carbocycles. The van der Waals surface area contributed by atoms with Gasteiger partial charge >= 0.3 is 47.8 Å². The molecule has 214 valence electrons. The quantitative estimate of drug-likeness (QED) is 0.0878. The van der Waals surface area contributed by atoms with Crippen LogP contribution in [0.2, 0.25) is 0 Å². The maximum Gasteiger partial charge on any atom is 0.317 e. The van der Waals surface area contributed by atoms with Crippen LogP contribution in [0.3, 0.4) is 0 Å². The van der Waals surface area contributed by atoms with Crippen LogP contribution >= 0.6 is 0 Å². The molecule has 0 atom stereocenters. The first-order valence-corrected chi connectivity index (χ1v) is 10.7. The molecule has 0 aromatic rings. The van der Waals surface area contributed by atoms with Gasteiger partial charge in [0.1, 0.15) is 25.7 Å². The van der Waals surface area contributed by atoms with Crippen LogP contribution in [0.5, 0.6) is 0 Å². The Kier molecular flexibility index (Phi) is 30.2. The van der Waals surface area contributed by atoms with Gasteiger partial charge in [-0.25, -0.2) is 0 Å². The Labute approximate surface area is 212 Å². The van der Waals surface area contributed by atoms with E-state index in [0.29, 0.717) is 19.6 Å². The average Bonchev–Trinajstić information content (AvgIpc) is 2.71. The molecular weight excluding hydrogens is 508 g/mol. The summed E-state index contributed by atoms with van der Waals surface area (Å²) in [7, 11) is 0. The van der Waals surface area contributed by atoms with E-state index in [1.807, 2.05) is 13.8 Å². The molecule has 0 aliphatic heterocycles. The summed E-state index contributed by atoms with van der Waals surface area (Å²) in [4.78, 5) is 79.6. The standard InChI is InChI=1S/C7H12O4.C6H10O4.C5H8O4.C3H4O4/c1-2-3-4-11-7(10)5-6(8)9;1-2-3-10-6(9)4-5(7)8;1-2-9-5(8)3-4(6)7;4-2(5)1-3(6)7/h2-5H2,1H3,(H,8,9);2-4H2,1H3,(H,7,8);2-3H2,1H3,(H,6,7);1H2,(H,4,5)(H,6,7). The molecule has 0 saturated heterocycles. The maximum atomic E-state index is 10.5. The van der Waals surface area contributed by atoms with E-state index in [2.05, 4.69) is 14.2 Å². The van der Waals surface area contributed by atoms with Gasteiger partial charge in [0.2, 0.25) is 0 Å². The minimum atomic E-state index is -1.31. The number of carboxylic acids is 5. The zero-order chi connectivity index (χ0) is 29.8. The van der Waals surface area contributed by atoms with Crippen LogP contribution in [0.1, 0.15) is 65.7 Å². The highest BCUT2D eigenvalue weighted by molar-refractivity contribution is 5.91. The lowest BCUT2D eigenvalue weighted by Crippen LogP contribution is -2.10. The van der Waals surface area contributed by atoms with Crippen LogP contribution in [0, 0.1) is 0 Å². The highest BCUT2D eigenvalue weighted by Gasteiger charge is 2.08. The second-order valence-electron chi connectivity index (χ2n) is 6.28. The molecule has 16 heteroatoms. The number of esters is 3. The fourth-order valence-electron chi connectivity index (χ4n) is 1.36. The van der Waals surface area contributed by atoms with Crippen molar-refractivity contribution in [3.8, 4) is 0 Å². The summed E-state index contributed by atoms with van der Waals surface area (Å²) in [6.45, 7) is 6.28. The minimum absolute atomic E-state index is 0.228. The summed E-state index contributed by atoms with van der Waals surface area (Å²) in [5.41, 5.74) is 0. The van der Waals surface area contributed by atoms with Crippen molar-refractivity contribution >= 4 is 47.8 Å². The molecule has 5 N–H and O–H groups in total. The molecule has 16 nitrogen and oxygen atoms in total. The van der Waals surface area contributed by atoms with Crippen LogP contribution in [-0.2, 0) is 52.6 Å². The Hall–Kier alpha value is -4.24. The molecule has 0 bridgehead atoms. The monoisotopic (exact) mass is 542 g/mol. The second-order valence-corrected chi connectivity index (χ2v) is 6.28. The Bertz CT molecular complexity index is 716. The summed E-state index contributed by atoms with van der Waals surface area (Å²) < 4.78 is 13.4. The number of hydrogen-bond acceptors (Lipinski definition) is 11. The molecule has 0 radical (unpaired) electrons. The SMILES string of the molecule is CCCCOC(=O)CC(=O)O.CCCOC(=O)CC(=O)O.CCOC(=O)CC(=O)O.O=C(O)CC(=O)O. The highest BCUT2D eigenvalue weighted by Crippen LogP contribution is 1.91. The lowest BCUT2D eigenvalue weighted by molar-refractivity contribution is -0.153. The second kappa shape index (κ2) is 28.0. The van der Waals surface area contributed by atoms with Gasteiger partial charge in [-0.1, -0.05) is 20.3 Å². The van der Waals surface area contributed by atoms with Crippen molar-refractivity contribution in [3.63, 3.8) is 0 Å². The number of hydrogen-bond donors (Lipinski definition) is 5. The first kappa shape index (κ1) is 40.0. The van der Waals surface area contributed by atoms with E-state index in [-0.39, 0.29) is 6.61 Å². The minimum Gasteiger partial charge on any atom is -0.481 e. The van der Waals surface area contributed by atoms with Gasteiger partial charge in [-0.3, -0.25) is 38.4 Å². The smallest absolute Gasteiger partial charge is 0.317 e. The van der Waals surface area contributed by atoms with Gasteiger partial charge in [0, 0.05) is 0 Å². The van der Waals surface area contributed by atoms with Crippen molar-refractivity contribution < 1.29 is 78.1 Å². The van der Waals surface area contributed by atoms with Crippen LogP contribution in [0.15, 0.2) is 0 Å². The molecule has 0 amide bonds. The number of carbonyl (C=O) groups excluding carboxylic acids is 3. The first-order chi connectivity index (χ1) is 17.1. The predicted molar refractivity (Wildman–Crippen MR) is 120 cm³/mol. The molecule has 0 aliphatic rings. The van der Waals surface area contributed by atoms with Crippen molar-refractivity contribution in [1.29, 1.82) is 0 Å². The predicted octanol–water partition coefficient (Wildman–Crippen LogP) is 0.789. The fraction of sp³-hybridized carbons (Fsp3) is 0.619. The molecule has 0 saturated carbocycles. The molecule has 0 heterocycles. The number of carbonyl (C=O) groups is 8. The van der Waals surface area contributed by atoms with Gasteiger partial charge in [0.25, 0.3) is 0 Å². The highest BCUT2D eigenvalue weighted by atomic mass is 16.5. The van der Waals surface area contributed by atoms with Gasteiger partial charge in [0.15, 0.2) is 0 Å². The van der Waals surface area contributed by atoms with Crippen LogP contribution < -0.4 is 0 Å².